The summed E-state index contributed by atoms with van der Waals surface area (Å²) in [6.45, 7) is 0.566. The van der Waals surface area contributed by atoms with Crippen LogP contribution in [0.3, 0.4) is 0 Å². The number of nitrogens with zero attached hydrogens (tertiary/aromatic N) is 2. The van der Waals surface area contributed by atoms with Gasteiger partial charge in [0, 0.05) is 38.0 Å². The van der Waals surface area contributed by atoms with Gasteiger partial charge in [-0.3, -0.25) is 4.90 Å². The van der Waals surface area contributed by atoms with Crippen LogP contribution >= 0.6 is 11.3 Å². The van der Waals surface area contributed by atoms with Crippen molar-refractivity contribution in [2.24, 2.45) is 0 Å². The van der Waals surface area contributed by atoms with Crippen molar-refractivity contribution < 1.29 is 27.1 Å². The lowest BCUT2D eigenvalue weighted by molar-refractivity contribution is -0.137. The third kappa shape index (κ3) is 4.39. The molecule has 142 valence electrons. The number of aromatic nitrogens is 1. The number of likely N-dealkylation sites (tertiary alicyclic amines) is 1. The minimum absolute atomic E-state index is 0.211. The zero-order valence-corrected chi connectivity index (χ0v) is 14.5. The Kier molecular flexibility index (Phi) is 5.32. The fraction of sp³-hybridized carbons (Fsp3) is 0.471. The van der Waals surface area contributed by atoms with Crippen LogP contribution in [-0.2, 0) is 19.3 Å². The number of hydrogen-bond acceptors (Lipinski definition) is 4. The number of aliphatic hydroxyl groups excluding tert-OH is 1. The number of benzene rings is 1. The van der Waals surface area contributed by atoms with Gasteiger partial charge in [0.2, 0.25) is 0 Å². The zero-order chi connectivity index (χ0) is 18.9. The molecule has 9 heteroatoms. The van der Waals surface area contributed by atoms with Gasteiger partial charge >= 0.3 is 6.18 Å². The quantitative estimate of drug-likeness (QED) is 0.776. The fourth-order valence-corrected chi connectivity index (χ4v) is 3.74. The molecule has 3 nitrogen and oxygen atoms in total. The molecule has 1 N–H and O–H groups in total. The lowest BCUT2D eigenvalue weighted by Gasteiger charge is -2.31. The van der Waals surface area contributed by atoms with Gasteiger partial charge in [-0.25, -0.2) is 13.8 Å². The van der Waals surface area contributed by atoms with Crippen molar-refractivity contribution in [3.63, 3.8) is 0 Å². The predicted octanol–water partition coefficient (Wildman–Crippen LogP) is 4.55. The van der Waals surface area contributed by atoms with Gasteiger partial charge in [0.25, 0.3) is 5.92 Å². The monoisotopic (exact) mass is 392 g/mol. The van der Waals surface area contributed by atoms with Gasteiger partial charge in [0.05, 0.1) is 22.7 Å². The highest BCUT2D eigenvalue weighted by molar-refractivity contribution is 7.15. The predicted molar refractivity (Wildman–Crippen MR) is 87.9 cm³/mol. The van der Waals surface area contributed by atoms with Gasteiger partial charge in [-0.2, -0.15) is 13.2 Å². The second kappa shape index (κ2) is 7.21. The number of alkyl halides is 5. The van der Waals surface area contributed by atoms with Crippen LogP contribution in [0.15, 0.2) is 24.3 Å². The minimum atomic E-state index is -4.40. The summed E-state index contributed by atoms with van der Waals surface area (Å²) < 4.78 is 64.5. The Hall–Kier alpha value is -1.58. The van der Waals surface area contributed by atoms with E-state index in [9.17, 15) is 27.1 Å². The molecular weight excluding hydrogens is 375 g/mol. The van der Waals surface area contributed by atoms with E-state index in [4.69, 9.17) is 0 Å². The van der Waals surface area contributed by atoms with E-state index in [1.807, 2.05) is 4.90 Å². The van der Waals surface area contributed by atoms with Crippen molar-refractivity contribution in [3.05, 3.63) is 40.4 Å². The normalized spacial score (nSPS) is 18.2. The van der Waals surface area contributed by atoms with E-state index >= 15 is 0 Å². The average Bonchev–Trinajstić information content (AvgIpc) is 2.99. The number of thiazole rings is 1. The molecule has 1 aliphatic heterocycles. The third-order valence-electron chi connectivity index (χ3n) is 4.34. The number of aliphatic hydroxyl groups is 1. The number of rotatable bonds is 4. The Balaban J connectivity index is 1.76. The van der Waals surface area contributed by atoms with Gasteiger partial charge < -0.3 is 5.11 Å². The van der Waals surface area contributed by atoms with Crippen LogP contribution in [0.2, 0.25) is 0 Å². The third-order valence-corrected chi connectivity index (χ3v) is 5.47. The second-order valence-electron chi connectivity index (χ2n) is 6.25. The van der Waals surface area contributed by atoms with Crippen molar-refractivity contribution in [3.8, 4) is 10.6 Å². The van der Waals surface area contributed by atoms with E-state index in [-0.39, 0.29) is 32.5 Å². The molecule has 1 aliphatic rings. The fourth-order valence-electron chi connectivity index (χ4n) is 2.81. The summed E-state index contributed by atoms with van der Waals surface area (Å²) in [4.78, 5) is 6.87. The Bertz CT molecular complexity index is 748. The van der Waals surface area contributed by atoms with E-state index in [0.29, 0.717) is 27.7 Å². The van der Waals surface area contributed by atoms with Gasteiger partial charge in [0.1, 0.15) is 5.01 Å². The average molecular weight is 392 g/mol. The molecule has 2 aromatic rings. The van der Waals surface area contributed by atoms with Crippen molar-refractivity contribution in [2.45, 2.75) is 38.1 Å². The molecule has 3 rings (SSSR count). The van der Waals surface area contributed by atoms with Gasteiger partial charge in [-0.05, 0) is 12.1 Å². The summed E-state index contributed by atoms with van der Waals surface area (Å²) in [6, 6.07) is 4.66. The smallest absolute Gasteiger partial charge is 0.391 e. The first-order chi connectivity index (χ1) is 12.2. The molecule has 26 heavy (non-hydrogen) atoms. The summed E-state index contributed by atoms with van der Waals surface area (Å²) in [5, 5.41) is 10.0. The molecule has 0 bridgehead atoms. The van der Waals surface area contributed by atoms with Crippen LogP contribution in [-0.4, -0.2) is 34.0 Å². The molecule has 1 saturated heterocycles. The Morgan fingerprint density at radius 3 is 2.27 bits per heavy atom. The zero-order valence-electron chi connectivity index (χ0n) is 13.7. The molecule has 0 radical (unpaired) electrons. The molecule has 0 spiro atoms. The Labute approximate surface area is 151 Å². The molecule has 0 aliphatic carbocycles. The van der Waals surface area contributed by atoms with Gasteiger partial charge in [0.15, 0.2) is 0 Å². The largest absolute Gasteiger partial charge is 0.416 e. The molecule has 1 fully saturated rings. The SMILES string of the molecule is OCc1sc(-c2ccc(C(F)(F)F)cc2)nc1CN1CCC(F)(F)CC1. The molecular formula is C17H17F5N2OS. The number of halogens is 5. The van der Waals surface area contributed by atoms with Crippen molar-refractivity contribution in [1.82, 2.24) is 9.88 Å². The summed E-state index contributed by atoms with van der Waals surface area (Å²) in [7, 11) is 0. The van der Waals surface area contributed by atoms with Crippen molar-refractivity contribution in [2.75, 3.05) is 13.1 Å². The summed E-state index contributed by atoms with van der Waals surface area (Å²) in [6.07, 6.45) is -4.83. The number of hydrogen-bond donors (Lipinski definition) is 1. The van der Waals surface area contributed by atoms with Crippen LogP contribution in [0.1, 0.15) is 29.0 Å². The van der Waals surface area contributed by atoms with Crippen LogP contribution < -0.4 is 0 Å². The maximum atomic E-state index is 13.2. The van der Waals surface area contributed by atoms with Crippen LogP contribution in [0.5, 0.6) is 0 Å². The first-order valence-electron chi connectivity index (χ1n) is 8.05. The summed E-state index contributed by atoms with van der Waals surface area (Å²) in [5.41, 5.74) is 0.362. The molecule has 1 aromatic carbocycles. The molecule has 0 atom stereocenters. The lowest BCUT2D eigenvalue weighted by atomic mass is 10.1. The maximum Gasteiger partial charge on any atom is 0.416 e. The standard InChI is InChI=1S/C17H17F5N2OS/c18-16(19)5-7-24(8-6-16)9-13-14(10-25)26-15(23-13)11-1-3-12(4-2-11)17(20,21)22/h1-4,25H,5-10H2. The Morgan fingerprint density at radius 1 is 1.12 bits per heavy atom. The summed E-state index contributed by atoms with van der Waals surface area (Å²) >= 11 is 1.20. The maximum absolute atomic E-state index is 13.2. The minimum Gasteiger partial charge on any atom is -0.391 e. The van der Waals surface area contributed by atoms with Crippen LogP contribution in [0.25, 0.3) is 10.6 Å². The van der Waals surface area contributed by atoms with E-state index in [1.54, 1.807) is 0 Å². The van der Waals surface area contributed by atoms with E-state index in [1.165, 1.54) is 23.5 Å². The molecule has 0 unspecified atom stereocenters. The van der Waals surface area contributed by atoms with Crippen molar-refractivity contribution >= 4 is 11.3 Å². The summed E-state index contributed by atoms with van der Waals surface area (Å²) in [5.74, 6) is -2.64. The number of piperidine rings is 1. The van der Waals surface area contributed by atoms with Crippen LogP contribution in [0.4, 0.5) is 22.0 Å². The first kappa shape index (κ1) is 19.2. The van der Waals surface area contributed by atoms with Crippen molar-refractivity contribution in [1.29, 1.82) is 0 Å². The highest BCUT2D eigenvalue weighted by Crippen LogP contribution is 2.34. The van der Waals surface area contributed by atoms with E-state index in [0.717, 1.165) is 12.1 Å². The van der Waals surface area contributed by atoms with E-state index < -0.39 is 17.7 Å². The Morgan fingerprint density at radius 2 is 1.73 bits per heavy atom. The molecule has 0 amide bonds. The van der Waals surface area contributed by atoms with Gasteiger partial charge in [-0.1, -0.05) is 12.1 Å². The van der Waals surface area contributed by atoms with Gasteiger partial charge in [-0.15, -0.1) is 11.3 Å². The highest BCUT2D eigenvalue weighted by atomic mass is 32.1. The topological polar surface area (TPSA) is 36.4 Å². The molecule has 1 aromatic heterocycles. The second-order valence-corrected chi connectivity index (χ2v) is 7.34. The molecule has 2 heterocycles. The molecule has 0 saturated carbocycles. The highest BCUT2D eigenvalue weighted by Gasteiger charge is 2.34. The lowest BCUT2D eigenvalue weighted by Crippen LogP contribution is -2.39. The van der Waals surface area contributed by atoms with Crippen LogP contribution in [0, 0.1) is 0 Å². The van der Waals surface area contributed by atoms with E-state index in [2.05, 4.69) is 4.98 Å². The first-order valence-corrected chi connectivity index (χ1v) is 8.87.